The standard InChI is InChI=1S/C15H11Cl2NO2/c1-19-14-6-4-10(7-15(14)20-2)3-5-11-12(16)8-18-9-13(11)17/h4,6-9H,1-2H3. The lowest BCUT2D eigenvalue weighted by molar-refractivity contribution is 0.355. The van der Waals surface area contributed by atoms with Gasteiger partial charge in [-0.05, 0) is 18.2 Å². The number of aromatic nitrogens is 1. The van der Waals surface area contributed by atoms with Gasteiger partial charge in [-0.3, -0.25) is 4.98 Å². The molecule has 0 radical (unpaired) electrons. The van der Waals surface area contributed by atoms with E-state index in [0.29, 0.717) is 27.1 Å². The molecule has 0 bridgehead atoms. The van der Waals surface area contributed by atoms with Crippen molar-refractivity contribution in [1.29, 1.82) is 0 Å². The maximum absolute atomic E-state index is 6.01. The van der Waals surface area contributed by atoms with Gasteiger partial charge in [-0.15, -0.1) is 0 Å². The van der Waals surface area contributed by atoms with Crippen LogP contribution in [0.2, 0.25) is 10.0 Å². The highest BCUT2D eigenvalue weighted by atomic mass is 35.5. The van der Waals surface area contributed by atoms with Crippen molar-refractivity contribution in [2.75, 3.05) is 14.2 Å². The first-order valence-corrected chi connectivity index (χ1v) is 6.44. The Morgan fingerprint density at radius 1 is 0.950 bits per heavy atom. The van der Waals surface area contributed by atoms with Crippen LogP contribution in [0, 0.1) is 11.8 Å². The molecular formula is C15H11Cl2NO2. The van der Waals surface area contributed by atoms with Crippen molar-refractivity contribution < 1.29 is 9.47 Å². The maximum Gasteiger partial charge on any atom is 0.161 e. The molecule has 0 aliphatic heterocycles. The second kappa shape index (κ2) is 6.51. The fourth-order valence-corrected chi connectivity index (χ4v) is 2.04. The molecule has 0 saturated carbocycles. The molecule has 2 aromatic rings. The Balaban J connectivity index is 2.38. The molecule has 0 aliphatic rings. The van der Waals surface area contributed by atoms with Crippen molar-refractivity contribution in [1.82, 2.24) is 4.98 Å². The van der Waals surface area contributed by atoms with E-state index in [0.717, 1.165) is 5.56 Å². The molecule has 0 spiro atoms. The normalized spacial score (nSPS) is 9.60. The summed E-state index contributed by atoms with van der Waals surface area (Å²) in [5.41, 5.74) is 1.32. The summed E-state index contributed by atoms with van der Waals surface area (Å²) in [6.07, 6.45) is 3.01. The van der Waals surface area contributed by atoms with Gasteiger partial charge in [0.25, 0.3) is 0 Å². The van der Waals surface area contributed by atoms with Crippen LogP contribution in [0.4, 0.5) is 0 Å². The van der Waals surface area contributed by atoms with Gasteiger partial charge in [0.05, 0.1) is 29.8 Å². The fourth-order valence-electron chi connectivity index (χ4n) is 1.58. The van der Waals surface area contributed by atoms with Crippen molar-refractivity contribution in [3.63, 3.8) is 0 Å². The van der Waals surface area contributed by atoms with Gasteiger partial charge >= 0.3 is 0 Å². The second-order valence-electron chi connectivity index (χ2n) is 3.80. The first-order chi connectivity index (χ1) is 9.65. The molecule has 0 atom stereocenters. The highest BCUT2D eigenvalue weighted by Gasteiger charge is 2.04. The summed E-state index contributed by atoms with van der Waals surface area (Å²) in [6, 6.07) is 5.41. The summed E-state index contributed by atoms with van der Waals surface area (Å²) < 4.78 is 10.4. The van der Waals surface area contributed by atoms with Gasteiger partial charge in [-0.2, -0.15) is 0 Å². The predicted molar refractivity (Wildman–Crippen MR) is 79.8 cm³/mol. The van der Waals surface area contributed by atoms with Crippen LogP contribution >= 0.6 is 23.2 Å². The molecule has 0 amide bonds. The highest BCUT2D eigenvalue weighted by molar-refractivity contribution is 6.36. The van der Waals surface area contributed by atoms with E-state index in [1.54, 1.807) is 26.4 Å². The predicted octanol–water partition coefficient (Wildman–Crippen LogP) is 3.81. The minimum absolute atomic E-state index is 0.422. The molecule has 5 heteroatoms. The van der Waals surface area contributed by atoms with Crippen LogP contribution in [0.5, 0.6) is 11.5 Å². The van der Waals surface area contributed by atoms with E-state index in [-0.39, 0.29) is 0 Å². The largest absolute Gasteiger partial charge is 0.493 e. The topological polar surface area (TPSA) is 31.4 Å². The molecule has 1 aromatic carbocycles. The molecule has 2 rings (SSSR count). The average Bonchev–Trinajstić information content (AvgIpc) is 2.46. The van der Waals surface area contributed by atoms with Gasteiger partial charge in [0.1, 0.15) is 0 Å². The Morgan fingerprint density at radius 2 is 1.60 bits per heavy atom. The van der Waals surface area contributed by atoms with E-state index in [1.807, 2.05) is 6.07 Å². The third-order valence-electron chi connectivity index (χ3n) is 2.57. The Labute approximate surface area is 127 Å². The van der Waals surface area contributed by atoms with Gasteiger partial charge in [0.2, 0.25) is 0 Å². The lowest BCUT2D eigenvalue weighted by Crippen LogP contribution is -1.90. The van der Waals surface area contributed by atoms with Crippen LogP contribution in [0.1, 0.15) is 11.1 Å². The van der Waals surface area contributed by atoms with Crippen molar-refractivity contribution in [3.8, 4) is 23.3 Å². The quantitative estimate of drug-likeness (QED) is 0.791. The minimum atomic E-state index is 0.422. The first kappa shape index (κ1) is 14.5. The van der Waals surface area contributed by atoms with Gasteiger partial charge in [0.15, 0.2) is 11.5 Å². The zero-order valence-electron chi connectivity index (χ0n) is 10.9. The summed E-state index contributed by atoms with van der Waals surface area (Å²) in [6.45, 7) is 0. The van der Waals surface area contributed by atoms with Gasteiger partial charge in [0, 0.05) is 18.0 Å². The molecular weight excluding hydrogens is 297 g/mol. The number of hydrogen-bond acceptors (Lipinski definition) is 3. The van der Waals surface area contributed by atoms with Crippen LogP contribution < -0.4 is 9.47 Å². The lowest BCUT2D eigenvalue weighted by Gasteiger charge is -2.06. The smallest absolute Gasteiger partial charge is 0.161 e. The van der Waals surface area contributed by atoms with Crippen LogP contribution in [-0.2, 0) is 0 Å². The molecule has 102 valence electrons. The van der Waals surface area contributed by atoms with E-state index in [4.69, 9.17) is 32.7 Å². The van der Waals surface area contributed by atoms with Crippen molar-refractivity contribution in [3.05, 3.63) is 51.8 Å². The Hall–Kier alpha value is -1.89. The summed E-state index contributed by atoms with van der Waals surface area (Å²) in [5, 5.41) is 0.843. The number of hydrogen-bond donors (Lipinski definition) is 0. The SMILES string of the molecule is COc1ccc(C#Cc2c(Cl)cncc2Cl)cc1OC. The molecule has 0 N–H and O–H groups in total. The molecule has 3 nitrogen and oxygen atoms in total. The monoisotopic (exact) mass is 307 g/mol. The third-order valence-corrected chi connectivity index (χ3v) is 3.14. The number of methoxy groups -OCH3 is 2. The molecule has 20 heavy (non-hydrogen) atoms. The van der Waals surface area contributed by atoms with Crippen LogP contribution in [-0.4, -0.2) is 19.2 Å². The van der Waals surface area contributed by atoms with E-state index in [1.165, 1.54) is 12.4 Å². The average molecular weight is 308 g/mol. The van der Waals surface area contributed by atoms with Crippen molar-refractivity contribution >= 4 is 23.2 Å². The van der Waals surface area contributed by atoms with Crippen LogP contribution in [0.3, 0.4) is 0 Å². The van der Waals surface area contributed by atoms with E-state index in [2.05, 4.69) is 16.8 Å². The van der Waals surface area contributed by atoms with E-state index < -0.39 is 0 Å². The Morgan fingerprint density at radius 3 is 2.20 bits per heavy atom. The number of pyridine rings is 1. The van der Waals surface area contributed by atoms with E-state index >= 15 is 0 Å². The molecule has 1 aromatic heterocycles. The summed E-state index contributed by atoms with van der Waals surface area (Å²) >= 11 is 12.0. The van der Waals surface area contributed by atoms with Gasteiger partial charge in [-0.1, -0.05) is 35.0 Å². The van der Waals surface area contributed by atoms with Gasteiger partial charge < -0.3 is 9.47 Å². The highest BCUT2D eigenvalue weighted by Crippen LogP contribution is 2.27. The number of ether oxygens (including phenoxy) is 2. The summed E-state index contributed by atoms with van der Waals surface area (Å²) in [4.78, 5) is 3.88. The Kier molecular flexibility index (Phi) is 4.73. The molecule has 0 fully saturated rings. The number of benzene rings is 1. The van der Waals surface area contributed by atoms with Crippen LogP contribution in [0.15, 0.2) is 30.6 Å². The molecule has 0 unspecified atom stereocenters. The third kappa shape index (κ3) is 3.16. The van der Waals surface area contributed by atoms with Crippen LogP contribution in [0.25, 0.3) is 0 Å². The maximum atomic E-state index is 6.01. The van der Waals surface area contributed by atoms with Gasteiger partial charge in [-0.25, -0.2) is 0 Å². The van der Waals surface area contributed by atoms with Crippen molar-refractivity contribution in [2.45, 2.75) is 0 Å². The zero-order chi connectivity index (χ0) is 14.5. The molecule has 0 aliphatic carbocycles. The Bertz CT molecular complexity index is 670. The number of nitrogens with zero attached hydrogens (tertiary/aromatic N) is 1. The number of rotatable bonds is 2. The lowest BCUT2D eigenvalue weighted by atomic mass is 10.2. The summed E-state index contributed by atoms with van der Waals surface area (Å²) in [7, 11) is 3.16. The molecule has 0 saturated heterocycles. The second-order valence-corrected chi connectivity index (χ2v) is 4.61. The zero-order valence-corrected chi connectivity index (χ0v) is 12.4. The van der Waals surface area contributed by atoms with Crippen molar-refractivity contribution in [2.24, 2.45) is 0 Å². The molecule has 1 heterocycles. The minimum Gasteiger partial charge on any atom is -0.493 e. The first-order valence-electron chi connectivity index (χ1n) is 5.68. The van der Waals surface area contributed by atoms with E-state index in [9.17, 15) is 0 Å². The number of halogens is 2. The fraction of sp³-hybridized carbons (Fsp3) is 0.133. The summed E-state index contributed by atoms with van der Waals surface area (Å²) in [5.74, 6) is 7.19.